The smallest absolute Gasteiger partial charge is 0.306 e. The van der Waals surface area contributed by atoms with Gasteiger partial charge < -0.3 is 14.2 Å². The first-order valence-electron chi connectivity index (χ1n) is 32.0. The minimum atomic E-state index is -0.789. The standard InChI is InChI=1S/C71H118O6/c1-4-7-10-13-16-19-22-24-26-28-30-31-32-33-34-35-36-37-38-39-41-42-44-46-49-52-55-58-61-64-70(73)76-67-68(66-75-69(72)63-60-57-54-51-48-21-18-15-12-9-6-3)77-71(74)65-62-59-56-53-50-47-45-43-40-29-27-25-23-20-17-14-11-8-5-2/h7-8,10-11,16-17,19-20,24-27,30-31,33-34,36-37,40,43,68H,4-6,9,12-15,18,21-23,28-29,32,35,38-39,41-42,44-67H2,1-3H3/b10-7-,11-8-,19-16-,20-17-,26-24-,27-25-,31-30-,34-33-,37-36-,43-40-. The van der Waals surface area contributed by atoms with E-state index in [0.717, 1.165) is 135 Å². The Morgan fingerprint density at radius 3 is 0.792 bits per heavy atom. The van der Waals surface area contributed by atoms with Crippen LogP contribution in [0.4, 0.5) is 0 Å². The van der Waals surface area contributed by atoms with Crippen LogP contribution in [0.2, 0.25) is 0 Å². The SMILES string of the molecule is CC/C=C\C/C=C\C/C=C\C/C=C\C/C=C\C/C=C\CCCCCCCCCCCCC(=O)OCC(COC(=O)CCCCCCCCCCCCC)OC(=O)CCCCCCCC/C=C\C/C=C\C/C=C\C/C=C\CC. The summed E-state index contributed by atoms with van der Waals surface area (Å²) < 4.78 is 16.9. The lowest BCUT2D eigenvalue weighted by atomic mass is 10.1. The summed E-state index contributed by atoms with van der Waals surface area (Å²) in [5.74, 6) is -0.899. The maximum absolute atomic E-state index is 12.9. The van der Waals surface area contributed by atoms with Crippen molar-refractivity contribution in [3.8, 4) is 0 Å². The molecule has 0 aliphatic heterocycles. The first kappa shape index (κ1) is 72.8. The number of rotatable bonds is 57. The highest BCUT2D eigenvalue weighted by atomic mass is 16.6. The first-order chi connectivity index (χ1) is 38.0. The molecule has 0 bridgehead atoms. The molecule has 0 aliphatic carbocycles. The monoisotopic (exact) mass is 1070 g/mol. The number of unbranched alkanes of at least 4 members (excludes halogenated alkanes) is 26. The van der Waals surface area contributed by atoms with E-state index < -0.39 is 6.10 Å². The van der Waals surface area contributed by atoms with E-state index in [1.807, 2.05) is 0 Å². The number of hydrogen-bond acceptors (Lipinski definition) is 6. The van der Waals surface area contributed by atoms with Gasteiger partial charge in [-0.3, -0.25) is 14.4 Å². The van der Waals surface area contributed by atoms with Gasteiger partial charge in [0.2, 0.25) is 0 Å². The molecule has 0 aliphatic rings. The average Bonchev–Trinajstić information content (AvgIpc) is 3.43. The van der Waals surface area contributed by atoms with E-state index in [0.29, 0.717) is 19.3 Å². The van der Waals surface area contributed by atoms with Gasteiger partial charge in [-0.2, -0.15) is 0 Å². The topological polar surface area (TPSA) is 78.9 Å². The molecule has 0 saturated heterocycles. The van der Waals surface area contributed by atoms with Crippen molar-refractivity contribution in [2.24, 2.45) is 0 Å². The molecular formula is C71H118O6. The Hall–Kier alpha value is -4.19. The van der Waals surface area contributed by atoms with Gasteiger partial charge in [0.15, 0.2) is 6.10 Å². The lowest BCUT2D eigenvalue weighted by Gasteiger charge is -2.18. The molecule has 0 aromatic heterocycles. The number of carbonyl (C=O) groups is 3. The predicted molar refractivity (Wildman–Crippen MR) is 334 cm³/mol. The molecular weight excluding hydrogens is 949 g/mol. The zero-order valence-corrected chi connectivity index (χ0v) is 50.2. The number of esters is 3. The molecule has 0 aromatic carbocycles. The Labute approximate surface area is 475 Å². The van der Waals surface area contributed by atoms with E-state index in [9.17, 15) is 14.4 Å². The van der Waals surface area contributed by atoms with Crippen LogP contribution in [0.5, 0.6) is 0 Å². The van der Waals surface area contributed by atoms with Gasteiger partial charge in [-0.25, -0.2) is 0 Å². The summed E-state index contributed by atoms with van der Waals surface area (Å²) in [4.78, 5) is 38.3. The summed E-state index contributed by atoms with van der Waals surface area (Å²) in [5, 5.41) is 0. The molecule has 0 heterocycles. The third-order valence-electron chi connectivity index (χ3n) is 13.5. The van der Waals surface area contributed by atoms with Gasteiger partial charge in [-0.15, -0.1) is 0 Å². The Morgan fingerprint density at radius 1 is 0.273 bits per heavy atom. The fourth-order valence-corrected chi connectivity index (χ4v) is 8.73. The van der Waals surface area contributed by atoms with Crippen molar-refractivity contribution in [1.82, 2.24) is 0 Å². The van der Waals surface area contributed by atoms with Crippen molar-refractivity contribution < 1.29 is 28.6 Å². The molecule has 77 heavy (non-hydrogen) atoms. The zero-order chi connectivity index (χ0) is 55.7. The maximum atomic E-state index is 12.9. The van der Waals surface area contributed by atoms with Crippen molar-refractivity contribution >= 4 is 17.9 Å². The Balaban J connectivity index is 4.29. The summed E-state index contributed by atoms with van der Waals surface area (Å²) in [6.07, 6.45) is 89.2. The van der Waals surface area contributed by atoms with Gasteiger partial charge >= 0.3 is 17.9 Å². The Bertz CT molecular complexity index is 1600. The highest BCUT2D eigenvalue weighted by Crippen LogP contribution is 2.16. The van der Waals surface area contributed by atoms with E-state index in [2.05, 4.69) is 142 Å². The van der Waals surface area contributed by atoms with E-state index in [4.69, 9.17) is 14.2 Å². The molecule has 0 aromatic rings. The molecule has 1 atom stereocenters. The van der Waals surface area contributed by atoms with Crippen molar-refractivity contribution in [2.45, 2.75) is 297 Å². The van der Waals surface area contributed by atoms with Crippen LogP contribution >= 0.6 is 0 Å². The van der Waals surface area contributed by atoms with Crippen LogP contribution in [0.3, 0.4) is 0 Å². The third kappa shape index (κ3) is 62.5. The Morgan fingerprint density at radius 2 is 0.506 bits per heavy atom. The minimum absolute atomic E-state index is 0.0847. The van der Waals surface area contributed by atoms with Gasteiger partial charge in [-0.1, -0.05) is 284 Å². The molecule has 0 spiro atoms. The van der Waals surface area contributed by atoms with Crippen LogP contribution in [0.25, 0.3) is 0 Å². The van der Waals surface area contributed by atoms with E-state index in [1.165, 1.54) is 116 Å². The predicted octanol–water partition coefficient (Wildman–Crippen LogP) is 22.0. The molecule has 6 heteroatoms. The molecule has 6 nitrogen and oxygen atoms in total. The van der Waals surface area contributed by atoms with Gasteiger partial charge in [0.05, 0.1) is 0 Å². The first-order valence-corrected chi connectivity index (χ1v) is 32.0. The third-order valence-corrected chi connectivity index (χ3v) is 13.5. The van der Waals surface area contributed by atoms with E-state index >= 15 is 0 Å². The van der Waals surface area contributed by atoms with E-state index in [-0.39, 0.29) is 31.1 Å². The summed E-state index contributed by atoms with van der Waals surface area (Å²) in [6.45, 7) is 6.40. The number of hydrogen-bond donors (Lipinski definition) is 0. The highest BCUT2D eigenvalue weighted by molar-refractivity contribution is 5.71. The molecule has 0 saturated carbocycles. The number of carbonyl (C=O) groups excluding carboxylic acids is 3. The van der Waals surface area contributed by atoms with Gasteiger partial charge in [0.25, 0.3) is 0 Å². The highest BCUT2D eigenvalue weighted by Gasteiger charge is 2.19. The van der Waals surface area contributed by atoms with Gasteiger partial charge in [-0.05, 0) is 109 Å². The lowest BCUT2D eigenvalue weighted by molar-refractivity contribution is -0.167. The van der Waals surface area contributed by atoms with Crippen LogP contribution in [-0.4, -0.2) is 37.2 Å². The molecule has 438 valence electrons. The summed E-state index contributed by atoms with van der Waals surface area (Å²) in [6, 6.07) is 0. The normalized spacial score (nSPS) is 12.9. The summed E-state index contributed by atoms with van der Waals surface area (Å²) in [7, 11) is 0. The van der Waals surface area contributed by atoms with Crippen LogP contribution in [0.1, 0.15) is 290 Å². The van der Waals surface area contributed by atoms with Crippen molar-refractivity contribution in [3.63, 3.8) is 0 Å². The molecule has 0 amide bonds. The van der Waals surface area contributed by atoms with E-state index in [1.54, 1.807) is 0 Å². The second-order valence-electron chi connectivity index (χ2n) is 20.9. The van der Waals surface area contributed by atoms with Crippen LogP contribution in [0, 0.1) is 0 Å². The van der Waals surface area contributed by atoms with Crippen molar-refractivity contribution in [2.75, 3.05) is 13.2 Å². The quantitative estimate of drug-likeness (QED) is 0.0261. The average molecular weight is 1070 g/mol. The second-order valence-corrected chi connectivity index (χ2v) is 20.9. The molecule has 0 fully saturated rings. The molecule has 0 N–H and O–H groups in total. The lowest BCUT2D eigenvalue weighted by Crippen LogP contribution is -2.30. The van der Waals surface area contributed by atoms with Crippen LogP contribution < -0.4 is 0 Å². The van der Waals surface area contributed by atoms with Gasteiger partial charge in [0.1, 0.15) is 13.2 Å². The van der Waals surface area contributed by atoms with Crippen molar-refractivity contribution in [3.05, 3.63) is 122 Å². The number of allylic oxidation sites excluding steroid dienone is 20. The van der Waals surface area contributed by atoms with Crippen LogP contribution in [-0.2, 0) is 28.6 Å². The second kappa shape index (κ2) is 64.3. The minimum Gasteiger partial charge on any atom is -0.462 e. The molecule has 1 unspecified atom stereocenters. The van der Waals surface area contributed by atoms with Crippen LogP contribution in [0.15, 0.2) is 122 Å². The van der Waals surface area contributed by atoms with Gasteiger partial charge in [0, 0.05) is 19.3 Å². The zero-order valence-electron chi connectivity index (χ0n) is 50.2. The fraction of sp³-hybridized carbons (Fsp3) is 0.676. The largest absolute Gasteiger partial charge is 0.462 e. The fourth-order valence-electron chi connectivity index (χ4n) is 8.73. The maximum Gasteiger partial charge on any atom is 0.306 e. The molecule has 0 radical (unpaired) electrons. The number of ether oxygens (including phenoxy) is 3. The van der Waals surface area contributed by atoms with Crippen molar-refractivity contribution in [1.29, 1.82) is 0 Å². The molecule has 0 rings (SSSR count). The summed E-state index contributed by atoms with van der Waals surface area (Å²) in [5.41, 5.74) is 0. The summed E-state index contributed by atoms with van der Waals surface area (Å²) >= 11 is 0. The Kier molecular flexibility index (Phi) is 60.8.